The van der Waals surface area contributed by atoms with Gasteiger partial charge in [-0.1, -0.05) is 29.3 Å². The van der Waals surface area contributed by atoms with Crippen LogP contribution >= 0.6 is 34.8 Å². The third-order valence-corrected chi connectivity index (χ3v) is 4.27. The van der Waals surface area contributed by atoms with Gasteiger partial charge in [0.1, 0.15) is 5.82 Å². The first-order valence-electron chi connectivity index (χ1n) is 6.49. The molecule has 2 aromatic heterocycles. The number of aromatic nitrogens is 3. The summed E-state index contributed by atoms with van der Waals surface area (Å²) in [6.07, 6.45) is 2.59. The maximum atomic E-state index is 6.11. The molecule has 0 aliphatic carbocycles. The van der Waals surface area contributed by atoms with Crippen LogP contribution in [0.25, 0.3) is 11.0 Å². The predicted octanol–water partition coefficient (Wildman–Crippen LogP) is 4.72. The smallest absolute Gasteiger partial charge is 0.124 e. The minimum absolute atomic E-state index is 0.339. The molecule has 0 unspecified atom stereocenters. The van der Waals surface area contributed by atoms with E-state index < -0.39 is 0 Å². The Bertz CT molecular complexity index is 769. The molecule has 0 amide bonds. The molecule has 0 saturated heterocycles. The standard InChI is InChI=1S/C15H12Cl3N3/c16-9-15-20-13-7-11(17)12(18)8-14(13)21(15)6-4-10-3-1-2-5-19-10/h1-3,5,7-8H,4,6,9H2. The number of hydrogen-bond acceptors (Lipinski definition) is 2. The molecule has 0 aliphatic rings. The molecule has 6 heteroatoms. The van der Waals surface area contributed by atoms with Crippen molar-refractivity contribution in [3.8, 4) is 0 Å². The van der Waals surface area contributed by atoms with Crippen molar-refractivity contribution >= 4 is 45.8 Å². The van der Waals surface area contributed by atoms with Crippen molar-refractivity contribution < 1.29 is 0 Å². The number of hydrogen-bond donors (Lipinski definition) is 0. The molecule has 0 aliphatic heterocycles. The fraction of sp³-hybridized carbons (Fsp3) is 0.200. The zero-order chi connectivity index (χ0) is 14.8. The lowest BCUT2D eigenvalue weighted by molar-refractivity contribution is 0.678. The van der Waals surface area contributed by atoms with Crippen LogP contribution in [-0.4, -0.2) is 14.5 Å². The highest BCUT2D eigenvalue weighted by Crippen LogP contribution is 2.28. The lowest BCUT2D eigenvalue weighted by Crippen LogP contribution is -2.06. The van der Waals surface area contributed by atoms with E-state index in [0.29, 0.717) is 15.9 Å². The van der Waals surface area contributed by atoms with Gasteiger partial charge in [0, 0.05) is 24.9 Å². The van der Waals surface area contributed by atoms with Gasteiger partial charge >= 0.3 is 0 Å². The second-order valence-electron chi connectivity index (χ2n) is 4.64. The summed E-state index contributed by atoms with van der Waals surface area (Å²) in [5.41, 5.74) is 2.77. The molecule has 2 heterocycles. The van der Waals surface area contributed by atoms with E-state index in [9.17, 15) is 0 Å². The number of imidazole rings is 1. The summed E-state index contributed by atoms with van der Waals surface area (Å²) in [5, 5.41) is 1.02. The number of fused-ring (bicyclic) bond motifs is 1. The van der Waals surface area contributed by atoms with Crippen LogP contribution in [0.2, 0.25) is 10.0 Å². The average Bonchev–Trinajstić information content (AvgIpc) is 2.83. The summed E-state index contributed by atoms with van der Waals surface area (Å²) in [7, 11) is 0. The van der Waals surface area contributed by atoms with Gasteiger partial charge in [0.15, 0.2) is 0 Å². The molecule has 0 bridgehead atoms. The molecule has 3 nitrogen and oxygen atoms in total. The molecule has 0 fully saturated rings. The zero-order valence-corrected chi connectivity index (χ0v) is 13.3. The van der Waals surface area contributed by atoms with E-state index in [4.69, 9.17) is 34.8 Å². The Labute approximate surface area is 137 Å². The molecule has 3 rings (SSSR count). The number of pyridine rings is 1. The number of benzene rings is 1. The zero-order valence-electron chi connectivity index (χ0n) is 11.1. The monoisotopic (exact) mass is 339 g/mol. The van der Waals surface area contributed by atoms with Crippen LogP contribution in [0.15, 0.2) is 36.5 Å². The van der Waals surface area contributed by atoms with Gasteiger partial charge in [-0.15, -0.1) is 11.6 Å². The summed E-state index contributed by atoms with van der Waals surface area (Å²) in [6, 6.07) is 9.49. The Kier molecular flexibility index (Phi) is 4.34. The summed E-state index contributed by atoms with van der Waals surface area (Å²) >= 11 is 18.2. The second-order valence-corrected chi connectivity index (χ2v) is 5.72. The topological polar surface area (TPSA) is 30.7 Å². The number of halogens is 3. The number of nitrogens with zero attached hydrogens (tertiary/aromatic N) is 3. The van der Waals surface area contributed by atoms with Gasteiger partial charge in [-0.2, -0.15) is 0 Å². The molecule has 0 atom stereocenters. The third kappa shape index (κ3) is 3.00. The van der Waals surface area contributed by atoms with Crippen molar-refractivity contribution in [2.45, 2.75) is 18.8 Å². The molecule has 1 aromatic carbocycles. The first-order valence-corrected chi connectivity index (χ1v) is 7.78. The molecular weight excluding hydrogens is 329 g/mol. The van der Waals surface area contributed by atoms with Gasteiger partial charge < -0.3 is 4.57 Å². The quantitative estimate of drug-likeness (QED) is 0.643. The Morgan fingerprint density at radius 1 is 1.10 bits per heavy atom. The van der Waals surface area contributed by atoms with E-state index in [1.54, 1.807) is 12.3 Å². The van der Waals surface area contributed by atoms with Crippen molar-refractivity contribution in [1.29, 1.82) is 0 Å². The summed E-state index contributed by atoms with van der Waals surface area (Å²) in [6.45, 7) is 0.744. The van der Waals surface area contributed by atoms with Crippen LogP contribution in [0.4, 0.5) is 0 Å². The SMILES string of the molecule is ClCc1nc2cc(Cl)c(Cl)cc2n1CCc1ccccn1. The van der Waals surface area contributed by atoms with Crippen molar-refractivity contribution in [3.05, 3.63) is 58.1 Å². The normalized spacial score (nSPS) is 11.2. The van der Waals surface area contributed by atoms with Gasteiger partial charge in [-0.3, -0.25) is 4.98 Å². The van der Waals surface area contributed by atoms with Gasteiger partial charge in [-0.05, 0) is 24.3 Å². The Morgan fingerprint density at radius 2 is 1.90 bits per heavy atom. The second kappa shape index (κ2) is 6.22. The summed E-state index contributed by atoms with van der Waals surface area (Å²) < 4.78 is 2.07. The van der Waals surface area contributed by atoms with Crippen LogP contribution in [0.5, 0.6) is 0 Å². The van der Waals surface area contributed by atoms with Crippen LogP contribution in [0.3, 0.4) is 0 Å². The van der Waals surface area contributed by atoms with Gasteiger partial charge in [0.05, 0.1) is 27.0 Å². The van der Waals surface area contributed by atoms with E-state index in [-0.39, 0.29) is 0 Å². The van der Waals surface area contributed by atoms with Gasteiger partial charge in [-0.25, -0.2) is 4.98 Å². The van der Waals surface area contributed by atoms with Crippen molar-refractivity contribution in [2.24, 2.45) is 0 Å². The number of aryl methyl sites for hydroxylation is 2. The highest BCUT2D eigenvalue weighted by atomic mass is 35.5. The Morgan fingerprint density at radius 3 is 2.62 bits per heavy atom. The maximum Gasteiger partial charge on any atom is 0.124 e. The van der Waals surface area contributed by atoms with E-state index in [1.165, 1.54) is 0 Å². The van der Waals surface area contributed by atoms with Crippen LogP contribution in [-0.2, 0) is 18.8 Å². The molecule has 108 valence electrons. The first kappa shape index (κ1) is 14.6. The van der Waals surface area contributed by atoms with Gasteiger partial charge in [0.25, 0.3) is 0 Å². The van der Waals surface area contributed by atoms with Crippen LogP contribution in [0.1, 0.15) is 11.5 Å². The third-order valence-electron chi connectivity index (χ3n) is 3.31. The molecule has 21 heavy (non-hydrogen) atoms. The molecular formula is C15H12Cl3N3. The van der Waals surface area contributed by atoms with Crippen molar-refractivity contribution in [2.75, 3.05) is 0 Å². The Hall–Kier alpha value is -1.29. The van der Waals surface area contributed by atoms with E-state index in [1.807, 2.05) is 24.3 Å². The highest BCUT2D eigenvalue weighted by Gasteiger charge is 2.12. The molecule has 0 N–H and O–H groups in total. The van der Waals surface area contributed by atoms with Crippen LogP contribution < -0.4 is 0 Å². The first-order chi connectivity index (χ1) is 10.2. The van der Waals surface area contributed by atoms with E-state index in [0.717, 1.165) is 35.5 Å². The highest BCUT2D eigenvalue weighted by molar-refractivity contribution is 6.42. The minimum Gasteiger partial charge on any atom is -0.327 e. The largest absolute Gasteiger partial charge is 0.327 e. The number of rotatable bonds is 4. The lowest BCUT2D eigenvalue weighted by atomic mass is 10.2. The van der Waals surface area contributed by atoms with E-state index >= 15 is 0 Å². The molecule has 0 saturated carbocycles. The fourth-order valence-corrected chi connectivity index (χ4v) is 2.81. The lowest BCUT2D eigenvalue weighted by Gasteiger charge is -2.08. The molecule has 3 aromatic rings. The maximum absolute atomic E-state index is 6.11. The number of alkyl halides is 1. The molecule has 0 spiro atoms. The fourth-order valence-electron chi connectivity index (χ4n) is 2.29. The summed E-state index contributed by atoms with van der Waals surface area (Å²) in [4.78, 5) is 8.84. The van der Waals surface area contributed by atoms with E-state index in [2.05, 4.69) is 14.5 Å². The van der Waals surface area contributed by atoms with Crippen molar-refractivity contribution in [1.82, 2.24) is 14.5 Å². The average molecular weight is 341 g/mol. The van der Waals surface area contributed by atoms with Gasteiger partial charge in [0.2, 0.25) is 0 Å². The van der Waals surface area contributed by atoms with Crippen molar-refractivity contribution in [3.63, 3.8) is 0 Å². The summed E-state index contributed by atoms with van der Waals surface area (Å²) in [5.74, 6) is 1.15. The molecule has 0 radical (unpaired) electrons. The predicted molar refractivity (Wildman–Crippen MR) is 87.3 cm³/mol. The Balaban J connectivity index is 1.98. The minimum atomic E-state index is 0.339. The van der Waals surface area contributed by atoms with Crippen LogP contribution in [0, 0.1) is 0 Å².